The van der Waals surface area contributed by atoms with E-state index >= 15 is 0 Å². The maximum atomic E-state index is 10.5. The summed E-state index contributed by atoms with van der Waals surface area (Å²) < 4.78 is 0. The molecule has 1 fully saturated rings. The van der Waals surface area contributed by atoms with Gasteiger partial charge in [-0.25, -0.2) is 0 Å². The second kappa shape index (κ2) is 1.94. The molecule has 1 rings (SSSR count). The molecule has 0 aromatic rings. The van der Waals surface area contributed by atoms with Crippen molar-refractivity contribution in [3.8, 4) is 0 Å². The molecule has 0 aromatic carbocycles. The van der Waals surface area contributed by atoms with Crippen LogP contribution in [0.5, 0.6) is 0 Å². The number of Topliss-reactive ketones (excluding diaryl/α,β-unsaturated/α-hetero) is 1. The predicted octanol–water partition coefficient (Wildman–Crippen LogP) is 0.570. The molecule has 0 heterocycles. The fraction of sp³-hybridized carbons (Fsp3) is 0.600. The van der Waals surface area contributed by atoms with Gasteiger partial charge in [0, 0.05) is 6.42 Å². The van der Waals surface area contributed by atoms with E-state index in [4.69, 9.17) is 5.21 Å². The lowest BCUT2D eigenvalue weighted by Gasteiger charge is -1.82. The molecule has 8 heavy (non-hydrogen) atoms. The summed E-state index contributed by atoms with van der Waals surface area (Å²) in [7, 11) is 0. The summed E-state index contributed by atoms with van der Waals surface area (Å²) in [5.41, 5.74) is 0.338. The lowest BCUT2D eigenvalue weighted by molar-refractivity contribution is -0.112. The van der Waals surface area contributed by atoms with Crippen molar-refractivity contribution in [2.75, 3.05) is 0 Å². The first kappa shape index (κ1) is 5.28. The third-order valence-electron chi connectivity index (χ3n) is 1.26. The van der Waals surface area contributed by atoms with E-state index in [1.807, 2.05) is 0 Å². The molecule has 1 N–H and O–H groups in total. The maximum Gasteiger partial charge on any atom is 0.180 e. The Morgan fingerprint density at radius 1 is 1.50 bits per heavy atom. The first-order chi connectivity index (χ1) is 3.84. The van der Waals surface area contributed by atoms with Gasteiger partial charge >= 0.3 is 0 Å². The molecule has 44 valence electrons. The molecule has 1 saturated carbocycles. The molecule has 1 aliphatic carbocycles. The van der Waals surface area contributed by atoms with Gasteiger partial charge in [0.25, 0.3) is 0 Å². The summed E-state index contributed by atoms with van der Waals surface area (Å²) in [5.74, 6) is -0.00694. The smallest absolute Gasteiger partial charge is 0.180 e. The Bertz CT molecular complexity index is 139. The average molecular weight is 113 g/mol. The predicted molar refractivity (Wildman–Crippen MR) is 28.1 cm³/mol. The van der Waals surface area contributed by atoms with E-state index in [1.54, 1.807) is 0 Å². The zero-order valence-electron chi connectivity index (χ0n) is 4.42. The van der Waals surface area contributed by atoms with Crippen LogP contribution in [-0.4, -0.2) is 16.7 Å². The van der Waals surface area contributed by atoms with Gasteiger partial charge < -0.3 is 5.21 Å². The Morgan fingerprint density at radius 2 is 2.25 bits per heavy atom. The molecular formula is C5H7NO2. The molecule has 3 heteroatoms. The van der Waals surface area contributed by atoms with Crippen LogP contribution in [0.25, 0.3) is 0 Å². The number of ketones is 1. The van der Waals surface area contributed by atoms with Crippen molar-refractivity contribution >= 4 is 11.5 Å². The summed E-state index contributed by atoms with van der Waals surface area (Å²) in [5, 5.41) is 10.9. The summed E-state index contributed by atoms with van der Waals surface area (Å²) in [6.07, 6.45) is 2.05. The Kier molecular flexibility index (Phi) is 1.28. The maximum absolute atomic E-state index is 10.5. The van der Waals surface area contributed by atoms with Crippen molar-refractivity contribution in [3.63, 3.8) is 0 Å². The molecule has 0 radical (unpaired) electrons. The monoisotopic (exact) mass is 113 g/mol. The van der Waals surface area contributed by atoms with Crippen LogP contribution in [0.2, 0.25) is 0 Å². The van der Waals surface area contributed by atoms with Crippen LogP contribution in [-0.2, 0) is 4.79 Å². The molecule has 0 amide bonds. The van der Waals surface area contributed by atoms with E-state index in [-0.39, 0.29) is 5.78 Å². The highest BCUT2D eigenvalue weighted by Gasteiger charge is 2.18. The molecule has 0 spiro atoms. The van der Waals surface area contributed by atoms with Crippen LogP contribution >= 0.6 is 0 Å². The number of carbonyl (C=O) groups excluding carboxylic acids is 1. The molecule has 0 bridgehead atoms. The third-order valence-corrected chi connectivity index (χ3v) is 1.26. The van der Waals surface area contributed by atoms with Crippen molar-refractivity contribution in [2.24, 2.45) is 5.16 Å². The second-order valence-electron chi connectivity index (χ2n) is 1.82. The summed E-state index contributed by atoms with van der Waals surface area (Å²) in [6.45, 7) is 0. The third kappa shape index (κ3) is 0.710. The van der Waals surface area contributed by atoms with E-state index in [0.717, 1.165) is 6.42 Å². The van der Waals surface area contributed by atoms with Gasteiger partial charge in [0.05, 0.1) is 0 Å². The highest BCUT2D eigenvalue weighted by atomic mass is 16.4. The number of hydrogen-bond donors (Lipinski definition) is 1. The van der Waals surface area contributed by atoms with Gasteiger partial charge in [-0.2, -0.15) is 0 Å². The minimum atomic E-state index is -0.00694. The molecular weight excluding hydrogens is 106 g/mol. The standard InChI is InChI=1S/C5H7NO2/c7-5-3-1-2-4(5)6-8/h8H,1-3H2. The number of nitrogens with zero attached hydrogens (tertiary/aromatic N) is 1. The van der Waals surface area contributed by atoms with Crippen LogP contribution in [0.15, 0.2) is 5.16 Å². The van der Waals surface area contributed by atoms with Gasteiger partial charge in [0.2, 0.25) is 0 Å². The first-order valence-electron chi connectivity index (χ1n) is 2.58. The quantitative estimate of drug-likeness (QED) is 0.369. The van der Waals surface area contributed by atoms with Crippen molar-refractivity contribution in [1.29, 1.82) is 0 Å². The van der Waals surface area contributed by atoms with Gasteiger partial charge in [0.15, 0.2) is 5.78 Å². The van der Waals surface area contributed by atoms with Crippen LogP contribution in [0.1, 0.15) is 19.3 Å². The molecule has 0 aromatic heterocycles. The Morgan fingerprint density at radius 3 is 2.50 bits per heavy atom. The lowest BCUT2D eigenvalue weighted by Crippen LogP contribution is -2.02. The first-order valence-corrected chi connectivity index (χ1v) is 2.58. The van der Waals surface area contributed by atoms with E-state index < -0.39 is 0 Å². The normalized spacial score (nSPS) is 25.0. The molecule has 3 nitrogen and oxygen atoms in total. The van der Waals surface area contributed by atoms with Gasteiger partial charge in [-0.1, -0.05) is 5.16 Å². The van der Waals surface area contributed by atoms with Crippen LogP contribution in [0.3, 0.4) is 0 Å². The summed E-state index contributed by atoms with van der Waals surface area (Å²) in [4.78, 5) is 10.5. The van der Waals surface area contributed by atoms with Crippen LogP contribution in [0.4, 0.5) is 0 Å². The Hall–Kier alpha value is -0.860. The highest BCUT2D eigenvalue weighted by Crippen LogP contribution is 2.09. The molecule has 0 saturated heterocycles. The molecule has 0 atom stereocenters. The molecule has 1 aliphatic rings. The number of oxime groups is 1. The topological polar surface area (TPSA) is 49.7 Å². The molecule has 0 unspecified atom stereocenters. The van der Waals surface area contributed by atoms with Gasteiger partial charge in [-0.3, -0.25) is 4.79 Å². The van der Waals surface area contributed by atoms with Crippen LogP contribution < -0.4 is 0 Å². The van der Waals surface area contributed by atoms with E-state index in [1.165, 1.54) is 0 Å². The van der Waals surface area contributed by atoms with Crippen molar-refractivity contribution in [1.82, 2.24) is 0 Å². The fourth-order valence-corrected chi connectivity index (χ4v) is 0.806. The number of rotatable bonds is 0. The summed E-state index contributed by atoms with van der Waals surface area (Å²) in [6, 6.07) is 0. The zero-order chi connectivity index (χ0) is 5.98. The van der Waals surface area contributed by atoms with Crippen LogP contribution in [0, 0.1) is 0 Å². The van der Waals surface area contributed by atoms with E-state index in [2.05, 4.69) is 5.16 Å². The molecule has 0 aliphatic heterocycles. The van der Waals surface area contributed by atoms with Gasteiger partial charge in [0.1, 0.15) is 5.71 Å². The highest BCUT2D eigenvalue weighted by molar-refractivity contribution is 6.41. The number of hydrogen-bond acceptors (Lipinski definition) is 3. The second-order valence-corrected chi connectivity index (χ2v) is 1.82. The van der Waals surface area contributed by atoms with Crippen molar-refractivity contribution in [2.45, 2.75) is 19.3 Å². The largest absolute Gasteiger partial charge is 0.411 e. The average Bonchev–Trinajstić information content (AvgIpc) is 2.14. The van der Waals surface area contributed by atoms with Crippen molar-refractivity contribution < 1.29 is 10.0 Å². The van der Waals surface area contributed by atoms with Crippen molar-refractivity contribution in [3.05, 3.63) is 0 Å². The Balaban J connectivity index is 2.69. The Labute approximate surface area is 47.0 Å². The fourth-order valence-electron chi connectivity index (χ4n) is 0.806. The van der Waals surface area contributed by atoms with E-state index in [9.17, 15) is 4.79 Å². The van der Waals surface area contributed by atoms with Gasteiger partial charge in [-0.05, 0) is 12.8 Å². The number of carbonyl (C=O) groups is 1. The van der Waals surface area contributed by atoms with Gasteiger partial charge in [-0.15, -0.1) is 0 Å². The SMILES string of the molecule is O=C1CCCC1=NO. The summed E-state index contributed by atoms with van der Waals surface area (Å²) >= 11 is 0. The zero-order valence-corrected chi connectivity index (χ0v) is 4.42. The van der Waals surface area contributed by atoms with E-state index in [0.29, 0.717) is 18.6 Å². The minimum absolute atomic E-state index is 0.00694. The minimum Gasteiger partial charge on any atom is -0.411 e. The lowest BCUT2D eigenvalue weighted by atomic mass is 10.3.